The van der Waals surface area contributed by atoms with Gasteiger partial charge in [0.15, 0.2) is 0 Å². The minimum absolute atomic E-state index is 0.0973. The molecule has 1 aromatic carbocycles. The van der Waals surface area contributed by atoms with Crippen molar-refractivity contribution in [1.29, 1.82) is 0 Å². The van der Waals surface area contributed by atoms with Gasteiger partial charge in [-0.1, -0.05) is 30.9 Å². The third kappa shape index (κ3) is 5.26. The van der Waals surface area contributed by atoms with Gasteiger partial charge in [0, 0.05) is 29.7 Å². The van der Waals surface area contributed by atoms with Crippen molar-refractivity contribution in [2.45, 2.75) is 44.8 Å². The lowest BCUT2D eigenvalue weighted by Gasteiger charge is -2.22. The number of benzene rings is 1. The van der Waals surface area contributed by atoms with Crippen molar-refractivity contribution >= 4 is 17.3 Å². The van der Waals surface area contributed by atoms with Gasteiger partial charge >= 0.3 is 0 Å². The zero-order valence-corrected chi connectivity index (χ0v) is 12.8. The number of ether oxygens (including phenoxy) is 1. The summed E-state index contributed by atoms with van der Waals surface area (Å²) in [5.41, 5.74) is 0.699. The molecular formula is C15H21ClN2O3. The Morgan fingerprint density at radius 1 is 1.33 bits per heavy atom. The summed E-state index contributed by atoms with van der Waals surface area (Å²) < 4.78 is 5.80. The Labute approximate surface area is 129 Å². The van der Waals surface area contributed by atoms with Crippen LogP contribution in [0, 0.1) is 10.1 Å². The summed E-state index contributed by atoms with van der Waals surface area (Å²) in [6.45, 7) is 1.74. The van der Waals surface area contributed by atoms with Gasteiger partial charge in [-0.3, -0.25) is 10.1 Å². The van der Waals surface area contributed by atoms with Gasteiger partial charge in [0.2, 0.25) is 0 Å². The summed E-state index contributed by atoms with van der Waals surface area (Å²) in [6.07, 6.45) is 6.52. The highest BCUT2D eigenvalue weighted by molar-refractivity contribution is 6.30. The van der Waals surface area contributed by atoms with Crippen molar-refractivity contribution in [1.82, 2.24) is 5.32 Å². The van der Waals surface area contributed by atoms with Gasteiger partial charge in [-0.05, 0) is 25.0 Å². The zero-order chi connectivity index (χ0) is 15.1. The van der Waals surface area contributed by atoms with E-state index in [1.807, 2.05) is 0 Å². The molecule has 0 aromatic heterocycles. The molecule has 5 nitrogen and oxygen atoms in total. The van der Waals surface area contributed by atoms with E-state index in [1.54, 1.807) is 6.07 Å². The molecule has 0 unspecified atom stereocenters. The molecule has 6 heteroatoms. The quantitative estimate of drug-likeness (QED) is 0.474. The van der Waals surface area contributed by atoms with Crippen molar-refractivity contribution in [3.63, 3.8) is 0 Å². The second-order valence-electron chi connectivity index (χ2n) is 5.34. The number of hydrogen-bond donors (Lipinski definition) is 1. The monoisotopic (exact) mass is 312 g/mol. The molecule has 1 fully saturated rings. The molecule has 2 rings (SSSR count). The first-order chi connectivity index (χ1) is 10.2. The van der Waals surface area contributed by atoms with Crippen LogP contribution in [-0.2, 0) is 11.3 Å². The minimum Gasteiger partial charge on any atom is -0.377 e. The van der Waals surface area contributed by atoms with Crippen LogP contribution in [0.2, 0.25) is 5.02 Å². The average molecular weight is 313 g/mol. The molecule has 116 valence electrons. The van der Waals surface area contributed by atoms with Crippen LogP contribution in [0.1, 0.15) is 37.7 Å². The zero-order valence-electron chi connectivity index (χ0n) is 12.0. The van der Waals surface area contributed by atoms with Crippen molar-refractivity contribution in [2.75, 3.05) is 13.2 Å². The Bertz CT molecular complexity index is 476. The Morgan fingerprint density at radius 3 is 2.81 bits per heavy atom. The molecule has 0 radical (unpaired) electrons. The van der Waals surface area contributed by atoms with Crippen LogP contribution in [0.25, 0.3) is 0 Å². The Morgan fingerprint density at radius 2 is 2.10 bits per heavy atom. The molecule has 0 heterocycles. The summed E-state index contributed by atoms with van der Waals surface area (Å²) in [7, 11) is 0. The first-order valence-electron chi connectivity index (χ1n) is 7.42. The van der Waals surface area contributed by atoms with E-state index in [-0.39, 0.29) is 10.6 Å². The van der Waals surface area contributed by atoms with E-state index in [2.05, 4.69) is 5.32 Å². The number of nitro groups is 1. The summed E-state index contributed by atoms with van der Waals surface area (Å²) in [5, 5.41) is 14.6. The standard InChI is InChI=1S/C15H21ClN2O3/c16-13-6-7-15(18(19)20)12(10-13)11-17-8-9-21-14-4-2-1-3-5-14/h6-7,10,14,17H,1-5,8-9,11H2. The molecule has 1 N–H and O–H groups in total. The Hall–Kier alpha value is -1.17. The fourth-order valence-electron chi connectivity index (χ4n) is 2.63. The van der Waals surface area contributed by atoms with Crippen molar-refractivity contribution in [3.8, 4) is 0 Å². The molecule has 1 aromatic rings. The fourth-order valence-corrected chi connectivity index (χ4v) is 2.82. The lowest BCUT2D eigenvalue weighted by atomic mass is 9.98. The predicted octanol–water partition coefficient (Wildman–Crippen LogP) is 3.69. The van der Waals surface area contributed by atoms with Crippen molar-refractivity contribution in [2.24, 2.45) is 0 Å². The SMILES string of the molecule is O=[N+]([O-])c1ccc(Cl)cc1CNCCOC1CCCCC1. The van der Waals surface area contributed by atoms with Crippen LogP contribution in [-0.4, -0.2) is 24.2 Å². The number of nitrogens with one attached hydrogen (secondary N) is 1. The first-order valence-corrected chi connectivity index (χ1v) is 7.80. The largest absolute Gasteiger partial charge is 0.377 e. The Kier molecular flexibility index (Phi) is 6.42. The predicted molar refractivity (Wildman–Crippen MR) is 82.6 cm³/mol. The van der Waals surface area contributed by atoms with Gasteiger partial charge in [0.25, 0.3) is 5.69 Å². The molecule has 0 bridgehead atoms. The summed E-state index contributed by atoms with van der Waals surface area (Å²) >= 11 is 5.89. The number of nitro benzene ring substituents is 1. The van der Waals surface area contributed by atoms with E-state index in [0.29, 0.717) is 36.4 Å². The van der Waals surface area contributed by atoms with E-state index in [4.69, 9.17) is 16.3 Å². The van der Waals surface area contributed by atoms with Crippen LogP contribution in [0.5, 0.6) is 0 Å². The van der Waals surface area contributed by atoms with E-state index in [1.165, 1.54) is 31.4 Å². The Balaban J connectivity index is 1.73. The summed E-state index contributed by atoms with van der Waals surface area (Å²) in [4.78, 5) is 10.6. The maximum absolute atomic E-state index is 10.9. The minimum atomic E-state index is -0.383. The van der Waals surface area contributed by atoms with E-state index in [9.17, 15) is 10.1 Å². The van der Waals surface area contributed by atoms with Crippen molar-refractivity contribution < 1.29 is 9.66 Å². The van der Waals surface area contributed by atoms with Gasteiger partial charge in [-0.15, -0.1) is 0 Å². The van der Waals surface area contributed by atoms with Gasteiger partial charge in [0.05, 0.1) is 17.6 Å². The molecule has 21 heavy (non-hydrogen) atoms. The first kappa shape index (κ1) is 16.2. The fraction of sp³-hybridized carbons (Fsp3) is 0.600. The number of halogens is 1. The molecule has 0 saturated heterocycles. The van der Waals surface area contributed by atoms with Gasteiger partial charge in [-0.2, -0.15) is 0 Å². The van der Waals surface area contributed by atoms with Crippen LogP contribution in [0.4, 0.5) is 5.69 Å². The molecule has 0 atom stereocenters. The second kappa shape index (κ2) is 8.32. The van der Waals surface area contributed by atoms with E-state index >= 15 is 0 Å². The van der Waals surface area contributed by atoms with Crippen LogP contribution in [0.15, 0.2) is 18.2 Å². The van der Waals surface area contributed by atoms with E-state index < -0.39 is 0 Å². The molecule has 1 aliphatic rings. The van der Waals surface area contributed by atoms with Crippen LogP contribution < -0.4 is 5.32 Å². The average Bonchev–Trinajstić information content (AvgIpc) is 2.48. The molecule has 0 spiro atoms. The molecule has 0 amide bonds. The van der Waals surface area contributed by atoms with Crippen LogP contribution in [0.3, 0.4) is 0 Å². The maximum Gasteiger partial charge on any atom is 0.273 e. The van der Waals surface area contributed by atoms with Crippen molar-refractivity contribution in [3.05, 3.63) is 38.9 Å². The lowest BCUT2D eigenvalue weighted by Crippen LogP contribution is -2.24. The summed E-state index contributed by atoms with van der Waals surface area (Å²) in [6, 6.07) is 4.61. The third-order valence-corrected chi connectivity index (χ3v) is 3.97. The highest BCUT2D eigenvalue weighted by Gasteiger charge is 2.14. The second-order valence-corrected chi connectivity index (χ2v) is 5.77. The van der Waals surface area contributed by atoms with Gasteiger partial charge in [0.1, 0.15) is 0 Å². The number of nitrogens with zero attached hydrogens (tertiary/aromatic N) is 1. The number of hydrogen-bond acceptors (Lipinski definition) is 4. The summed E-state index contributed by atoms with van der Waals surface area (Å²) in [5.74, 6) is 0. The van der Waals surface area contributed by atoms with Gasteiger partial charge in [-0.25, -0.2) is 0 Å². The lowest BCUT2D eigenvalue weighted by molar-refractivity contribution is -0.385. The van der Waals surface area contributed by atoms with Crippen LogP contribution >= 0.6 is 11.6 Å². The third-order valence-electron chi connectivity index (χ3n) is 3.74. The molecular weight excluding hydrogens is 292 g/mol. The highest BCUT2D eigenvalue weighted by atomic mass is 35.5. The van der Waals surface area contributed by atoms with E-state index in [0.717, 1.165) is 12.8 Å². The topological polar surface area (TPSA) is 64.4 Å². The molecule has 1 aliphatic carbocycles. The normalized spacial score (nSPS) is 16.0. The molecule has 1 saturated carbocycles. The maximum atomic E-state index is 10.9. The number of rotatable bonds is 7. The smallest absolute Gasteiger partial charge is 0.273 e. The van der Waals surface area contributed by atoms with Gasteiger partial charge < -0.3 is 10.1 Å². The highest BCUT2D eigenvalue weighted by Crippen LogP contribution is 2.22. The molecule has 0 aliphatic heterocycles.